The first-order valence-electron chi connectivity index (χ1n) is 7.86. The number of halogens is 2. The number of hydrogen-bond acceptors (Lipinski definition) is 3. The maximum atomic E-state index is 13.3. The van der Waals surface area contributed by atoms with Crippen molar-refractivity contribution >= 4 is 22.5 Å². The van der Waals surface area contributed by atoms with Gasteiger partial charge in [0.15, 0.2) is 0 Å². The maximum absolute atomic E-state index is 13.3. The second kappa shape index (κ2) is 6.93. The third-order valence-electron chi connectivity index (χ3n) is 4.09. The Morgan fingerprint density at radius 3 is 2.60 bits per heavy atom. The average molecular weight is 341 g/mol. The standard InChI is InChI=1S/C19H17F2N3O/c1-12(5-13-6-15(20)8-16(21)7-13)19(25)24(2)17-4-3-14-10-22-11-23-18(14)9-17/h3-4,6-12H,5H2,1-2H3/t12-/m0/s1. The Kier molecular flexibility index (Phi) is 4.70. The molecule has 4 nitrogen and oxygen atoms in total. The normalized spacial score (nSPS) is 12.2. The number of anilines is 1. The van der Waals surface area contributed by atoms with Crippen molar-refractivity contribution in [2.24, 2.45) is 5.92 Å². The van der Waals surface area contributed by atoms with Crippen LogP contribution in [0, 0.1) is 17.6 Å². The summed E-state index contributed by atoms with van der Waals surface area (Å²) in [5, 5.41) is 0.885. The first-order valence-corrected chi connectivity index (χ1v) is 7.86. The van der Waals surface area contributed by atoms with Crippen LogP contribution in [0.25, 0.3) is 10.9 Å². The van der Waals surface area contributed by atoms with Gasteiger partial charge in [-0.3, -0.25) is 4.79 Å². The van der Waals surface area contributed by atoms with Gasteiger partial charge in [-0.15, -0.1) is 0 Å². The molecule has 0 aliphatic heterocycles. The molecule has 0 aliphatic carbocycles. The summed E-state index contributed by atoms with van der Waals surface area (Å²) in [7, 11) is 1.67. The molecular formula is C19H17F2N3O. The molecule has 6 heteroatoms. The van der Waals surface area contributed by atoms with Crippen LogP contribution in [0.3, 0.4) is 0 Å². The van der Waals surface area contributed by atoms with E-state index in [0.717, 1.165) is 17.0 Å². The molecule has 0 aliphatic rings. The number of nitrogens with zero attached hydrogens (tertiary/aromatic N) is 3. The average Bonchev–Trinajstić information content (AvgIpc) is 2.59. The van der Waals surface area contributed by atoms with Crippen LogP contribution >= 0.6 is 0 Å². The highest BCUT2D eigenvalue weighted by Crippen LogP contribution is 2.22. The Bertz CT molecular complexity index is 909. The van der Waals surface area contributed by atoms with Crippen LogP contribution in [0.4, 0.5) is 14.5 Å². The molecule has 3 rings (SSSR count). The molecule has 1 atom stereocenters. The predicted molar refractivity (Wildman–Crippen MR) is 92.2 cm³/mol. The van der Waals surface area contributed by atoms with Crippen molar-refractivity contribution < 1.29 is 13.6 Å². The van der Waals surface area contributed by atoms with Crippen molar-refractivity contribution in [1.82, 2.24) is 9.97 Å². The van der Waals surface area contributed by atoms with Crippen molar-refractivity contribution in [3.63, 3.8) is 0 Å². The highest BCUT2D eigenvalue weighted by Gasteiger charge is 2.20. The van der Waals surface area contributed by atoms with Gasteiger partial charge in [-0.05, 0) is 42.3 Å². The van der Waals surface area contributed by atoms with Crippen molar-refractivity contribution in [2.75, 3.05) is 11.9 Å². The van der Waals surface area contributed by atoms with Crippen LogP contribution in [-0.4, -0.2) is 22.9 Å². The Morgan fingerprint density at radius 1 is 1.16 bits per heavy atom. The molecule has 0 saturated heterocycles. The molecule has 0 bridgehead atoms. The van der Waals surface area contributed by atoms with Crippen LogP contribution in [0.1, 0.15) is 12.5 Å². The summed E-state index contributed by atoms with van der Waals surface area (Å²) in [6, 6.07) is 8.79. The highest BCUT2D eigenvalue weighted by atomic mass is 19.1. The van der Waals surface area contributed by atoms with Gasteiger partial charge in [-0.25, -0.2) is 18.7 Å². The third-order valence-corrected chi connectivity index (χ3v) is 4.09. The zero-order chi connectivity index (χ0) is 18.0. The first-order chi connectivity index (χ1) is 11.9. The van der Waals surface area contributed by atoms with Gasteiger partial charge in [0.25, 0.3) is 0 Å². The molecule has 0 saturated carbocycles. The summed E-state index contributed by atoms with van der Waals surface area (Å²) in [4.78, 5) is 22.3. The Balaban J connectivity index is 1.78. The van der Waals surface area contributed by atoms with Gasteiger partial charge in [-0.2, -0.15) is 0 Å². The number of aromatic nitrogens is 2. The molecular weight excluding hydrogens is 324 g/mol. The molecule has 128 valence electrons. The number of carbonyl (C=O) groups is 1. The van der Waals surface area contributed by atoms with Crippen LogP contribution in [0.2, 0.25) is 0 Å². The summed E-state index contributed by atoms with van der Waals surface area (Å²) < 4.78 is 26.6. The summed E-state index contributed by atoms with van der Waals surface area (Å²) >= 11 is 0. The minimum absolute atomic E-state index is 0.141. The zero-order valence-electron chi connectivity index (χ0n) is 13.9. The third kappa shape index (κ3) is 3.79. The molecule has 0 fully saturated rings. The lowest BCUT2D eigenvalue weighted by atomic mass is 9.99. The van der Waals surface area contributed by atoms with E-state index in [1.807, 2.05) is 18.2 Å². The van der Waals surface area contributed by atoms with E-state index < -0.39 is 17.6 Å². The molecule has 2 aromatic carbocycles. The van der Waals surface area contributed by atoms with Gasteiger partial charge in [-0.1, -0.05) is 6.92 Å². The Hall–Kier alpha value is -2.89. The summed E-state index contributed by atoms with van der Waals surface area (Å²) in [5.74, 6) is -1.85. The van der Waals surface area contributed by atoms with E-state index in [1.165, 1.54) is 23.4 Å². The fraction of sp³-hybridized carbons (Fsp3) is 0.211. The zero-order valence-corrected chi connectivity index (χ0v) is 13.9. The summed E-state index contributed by atoms with van der Waals surface area (Å²) in [6.07, 6.45) is 3.41. The van der Waals surface area contributed by atoms with Gasteiger partial charge in [0.2, 0.25) is 5.91 Å². The summed E-state index contributed by atoms with van der Waals surface area (Å²) in [5.41, 5.74) is 1.90. The molecule has 0 radical (unpaired) electrons. The number of hydrogen-bond donors (Lipinski definition) is 0. The number of rotatable bonds is 4. The van der Waals surface area contributed by atoms with Crippen LogP contribution in [0.5, 0.6) is 0 Å². The van der Waals surface area contributed by atoms with E-state index in [9.17, 15) is 13.6 Å². The van der Waals surface area contributed by atoms with E-state index >= 15 is 0 Å². The summed E-state index contributed by atoms with van der Waals surface area (Å²) in [6.45, 7) is 1.74. The van der Waals surface area contributed by atoms with E-state index in [-0.39, 0.29) is 12.3 Å². The van der Waals surface area contributed by atoms with Gasteiger partial charge in [0.05, 0.1) is 5.52 Å². The molecule has 0 spiro atoms. The van der Waals surface area contributed by atoms with Gasteiger partial charge >= 0.3 is 0 Å². The van der Waals surface area contributed by atoms with Crippen LogP contribution in [0.15, 0.2) is 48.9 Å². The Labute approximate surface area is 144 Å². The molecule has 0 N–H and O–H groups in total. The molecule has 1 heterocycles. The van der Waals surface area contributed by atoms with Gasteiger partial charge < -0.3 is 4.90 Å². The van der Waals surface area contributed by atoms with Crippen molar-refractivity contribution in [3.8, 4) is 0 Å². The fourth-order valence-electron chi connectivity index (χ4n) is 2.80. The molecule has 0 unspecified atom stereocenters. The smallest absolute Gasteiger partial charge is 0.229 e. The van der Waals surface area contributed by atoms with Gasteiger partial charge in [0.1, 0.15) is 18.0 Å². The fourth-order valence-corrected chi connectivity index (χ4v) is 2.80. The molecule has 1 aromatic heterocycles. The first kappa shape index (κ1) is 17.0. The largest absolute Gasteiger partial charge is 0.315 e. The minimum Gasteiger partial charge on any atom is -0.315 e. The topological polar surface area (TPSA) is 46.1 Å². The van der Waals surface area contributed by atoms with E-state index in [2.05, 4.69) is 9.97 Å². The predicted octanol–water partition coefficient (Wildman–Crippen LogP) is 3.75. The lowest BCUT2D eigenvalue weighted by molar-refractivity contribution is -0.121. The second-order valence-electron chi connectivity index (χ2n) is 6.05. The van der Waals surface area contributed by atoms with E-state index in [4.69, 9.17) is 0 Å². The molecule has 3 aromatic rings. The number of fused-ring (bicyclic) bond motifs is 1. The second-order valence-corrected chi connectivity index (χ2v) is 6.05. The van der Waals surface area contributed by atoms with Crippen molar-refractivity contribution in [3.05, 3.63) is 66.1 Å². The van der Waals surface area contributed by atoms with E-state index in [1.54, 1.807) is 20.2 Å². The van der Waals surface area contributed by atoms with Gasteiger partial charge in [0, 0.05) is 36.3 Å². The number of benzene rings is 2. The maximum Gasteiger partial charge on any atom is 0.229 e. The molecule has 1 amide bonds. The SMILES string of the molecule is C[C@@H](Cc1cc(F)cc(F)c1)C(=O)N(C)c1ccc2cncnc2c1. The van der Waals surface area contributed by atoms with Crippen molar-refractivity contribution in [2.45, 2.75) is 13.3 Å². The number of carbonyl (C=O) groups excluding carboxylic acids is 1. The number of amides is 1. The monoisotopic (exact) mass is 341 g/mol. The van der Waals surface area contributed by atoms with E-state index in [0.29, 0.717) is 11.3 Å². The Morgan fingerprint density at radius 2 is 1.88 bits per heavy atom. The molecule has 25 heavy (non-hydrogen) atoms. The quantitative estimate of drug-likeness (QED) is 0.726. The minimum atomic E-state index is -0.641. The lowest BCUT2D eigenvalue weighted by Gasteiger charge is -2.22. The van der Waals surface area contributed by atoms with Crippen LogP contribution in [-0.2, 0) is 11.2 Å². The van der Waals surface area contributed by atoms with Crippen LogP contribution < -0.4 is 4.90 Å². The van der Waals surface area contributed by atoms with Crippen molar-refractivity contribution in [1.29, 1.82) is 0 Å². The lowest BCUT2D eigenvalue weighted by Crippen LogP contribution is -2.32. The highest BCUT2D eigenvalue weighted by molar-refractivity contribution is 5.96.